The van der Waals surface area contributed by atoms with Crippen LogP contribution in [0, 0.1) is 0 Å². The number of nitrogens with zero attached hydrogens (tertiary/aromatic N) is 1. The van der Waals surface area contributed by atoms with Crippen molar-refractivity contribution in [3.05, 3.63) is 0 Å². The molecule has 0 saturated carbocycles. The molecule has 1 aliphatic rings. The number of hydrogen-bond acceptors (Lipinski definition) is 4. The predicted octanol–water partition coefficient (Wildman–Crippen LogP) is -0.231. The van der Waals surface area contributed by atoms with Gasteiger partial charge in [-0.25, -0.2) is 9.59 Å². The summed E-state index contributed by atoms with van der Waals surface area (Å²) in [5.74, 6) is -3.02. The average Bonchev–Trinajstić information content (AvgIpc) is 2.04. The molecular formula is C7H11NO5. The van der Waals surface area contributed by atoms with Gasteiger partial charge >= 0.3 is 11.9 Å². The van der Waals surface area contributed by atoms with Gasteiger partial charge in [-0.15, -0.1) is 0 Å². The molecule has 13 heavy (non-hydrogen) atoms. The molecule has 0 aromatic rings. The number of aliphatic carboxylic acids is 2. The average molecular weight is 189 g/mol. The highest BCUT2D eigenvalue weighted by Gasteiger charge is 2.52. The quantitative estimate of drug-likeness (QED) is 0.519. The standard InChI is InChI=1S/C7H11NO5/c9-5(10)7(6(11)12)3-1-2-4-8(7)13/h13H,1-4H2,(H,9,10)(H,11,12). The summed E-state index contributed by atoms with van der Waals surface area (Å²) in [6.07, 6.45) is 1.04. The van der Waals surface area contributed by atoms with Gasteiger partial charge in [0.1, 0.15) is 0 Å². The number of hydroxylamine groups is 2. The molecule has 1 heterocycles. The zero-order valence-corrected chi connectivity index (χ0v) is 6.93. The van der Waals surface area contributed by atoms with E-state index >= 15 is 0 Å². The molecule has 0 aliphatic carbocycles. The predicted molar refractivity (Wildman–Crippen MR) is 40.3 cm³/mol. The number of carbonyl (C=O) groups is 2. The van der Waals surface area contributed by atoms with Crippen molar-refractivity contribution in [3.63, 3.8) is 0 Å². The smallest absolute Gasteiger partial charge is 0.338 e. The minimum Gasteiger partial charge on any atom is -0.479 e. The normalized spacial score (nSPS) is 22.5. The lowest BCUT2D eigenvalue weighted by Gasteiger charge is -2.35. The van der Waals surface area contributed by atoms with E-state index < -0.39 is 17.5 Å². The molecule has 74 valence electrons. The Morgan fingerprint density at radius 3 is 2.00 bits per heavy atom. The van der Waals surface area contributed by atoms with Crippen LogP contribution in [0.3, 0.4) is 0 Å². The largest absolute Gasteiger partial charge is 0.479 e. The van der Waals surface area contributed by atoms with Gasteiger partial charge in [-0.3, -0.25) is 0 Å². The topological polar surface area (TPSA) is 98.1 Å². The molecule has 0 radical (unpaired) electrons. The van der Waals surface area contributed by atoms with E-state index in [0.717, 1.165) is 0 Å². The first-order chi connectivity index (χ1) is 6.01. The molecular weight excluding hydrogens is 178 g/mol. The Morgan fingerprint density at radius 1 is 1.15 bits per heavy atom. The van der Waals surface area contributed by atoms with Crippen LogP contribution in [0.4, 0.5) is 0 Å². The van der Waals surface area contributed by atoms with Crippen LogP contribution in [0.15, 0.2) is 0 Å². The van der Waals surface area contributed by atoms with Crippen molar-refractivity contribution in [2.75, 3.05) is 6.54 Å². The van der Waals surface area contributed by atoms with Crippen molar-refractivity contribution >= 4 is 11.9 Å². The molecule has 0 unspecified atom stereocenters. The van der Waals surface area contributed by atoms with E-state index in [2.05, 4.69) is 0 Å². The summed E-state index contributed by atoms with van der Waals surface area (Å²) in [7, 11) is 0. The van der Waals surface area contributed by atoms with Crippen LogP contribution in [-0.2, 0) is 9.59 Å². The number of carboxylic acid groups (broad SMARTS) is 2. The van der Waals surface area contributed by atoms with Gasteiger partial charge in [0.15, 0.2) is 0 Å². The Balaban J connectivity index is 3.00. The summed E-state index contributed by atoms with van der Waals surface area (Å²) in [5.41, 5.74) is -2.14. The second kappa shape index (κ2) is 3.31. The van der Waals surface area contributed by atoms with Gasteiger partial charge < -0.3 is 15.4 Å². The summed E-state index contributed by atoms with van der Waals surface area (Å²) in [6.45, 7) is 0.0819. The van der Waals surface area contributed by atoms with Crippen molar-refractivity contribution in [1.29, 1.82) is 0 Å². The first-order valence-corrected chi connectivity index (χ1v) is 3.95. The van der Waals surface area contributed by atoms with Gasteiger partial charge in [0.25, 0.3) is 0 Å². The van der Waals surface area contributed by atoms with Gasteiger partial charge in [-0.1, -0.05) is 0 Å². The Kier molecular flexibility index (Phi) is 2.53. The zero-order chi connectivity index (χ0) is 10.1. The lowest BCUT2D eigenvalue weighted by molar-refractivity contribution is -0.216. The molecule has 0 amide bonds. The molecule has 0 aromatic heterocycles. The fraction of sp³-hybridized carbons (Fsp3) is 0.714. The first kappa shape index (κ1) is 9.94. The van der Waals surface area contributed by atoms with Crippen LogP contribution < -0.4 is 0 Å². The van der Waals surface area contributed by atoms with Crippen LogP contribution in [0.1, 0.15) is 19.3 Å². The summed E-state index contributed by atoms with van der Waals surface area (Å²) in [5, 5.41) is 27.1. The lowest BCUT2D eigenvalue weighted by Crippen LogP contribution is -2.61. The van der Waals surface area contributed by atoms with Crippen LogP contribution in [-0.4, -0.2) is 44.5 Å². The molecule has 0 atom stereocenters. The third-order valence-corrected chi connectivity index (χ3v) is 2.31. The highest BCUT2D eigenvalue weighted by molar-refractivity contribution is 6.03. The number of rotatable bonds is 2. The maximum absolute atomic E-state index is 10.7. The molecule has 6 nitrogen and oxygen atoms in total. The van der Waals surface area contributed by atoms with E-state index in [-0.39, 0.29) is 13.0 Å². The van der Waals surface area contributed by atoms with Gasteiger partial charge in [0.05, 0.1) is 0 Å². The fourth-order valence-electron chi connectivity index (χ4n) is 1.49. The molecule has 0 bridgehead atoms. The molecule has 0 spiro atoms. The third-order valence-electron chi connectivity index (χ3n) is 2.31. The summed E-state index contributed by atoms with van der Waals surface area (Å²) >= 11 is 0. The second-order valence-corrected chi connectivity index (χ2v) is 3.05. The maximum Gasteiger partial charge on any atom is 0.338 e. The van der Waals surface area contributed by atoms with Crippen LogP contribution in [0.25, 0.3) is 0 Å². The summed E-state index contributed by atoms with van der Waals surface area (Å²) < 4.78 is 0. The number of carboxylic acids is 2. The number of hydrogen-bond donors (Lipinski definition) is 3. The van der Waals surface area contributed by atoms with E-state index in [0.29, 0.717) is 17.9 Å². The molecule has 1 saturated heterocycles. The van der Waals surface area contributed by atoms with Crippen LogP contribution in [0.5, 0.6) is 0 Å². The van der Waals surface area contributed by atoms with Gasteiger partial charge in [-0.05, 0) is 19.3 Å². The van der Waals surface area contributed by atoms with Crippen molar-refractivity contribution in [2.45, 2.75) is 24.8 Å². The molecule has 1 fully saturated rings. The molecule has 0 aromatic carbocycles. The first-order valence-electron chi connectivity index (χ1n) is 3.95. The maximum atomic E-state index is 10.7. The van der Waals surface area contributed by atoms with Crippen molar-refractivity contribution in [1.82, 2.24) is 5.06 Å². The third kappa shape index (κ3) is 1.38. The van der Waals surface area contributed by atoms with Gasteiger partial charge in [0.2, 0.25) is 5.54 Å². The monoisotopic (exact) mass is 189 g/mol. The van der Waals surface area contributed by atoms with Crippen LogP contribution >= 0.6 is 0 Å². The Labute approximate surface area is 74.3 Å². The molecule has 1 rings (SSSR count). The summed E-state index contributed by atoms with van der Waals surface area (Å²) in [4.78, 5) is 21.5. The zero-order valence-electron chi connectivity index (χ0n) is 6.93. The lowest BCUT2D eigenvalue weighted by atomic mass is 9.88. The van der Waals surface area contributed by atoms with Gasteiger partial charge in [0, 0.05) is 6.54 Å². The van der Waals surface area contributed by atoms with Crippen molar-refractivity contribution < 1.29 is 25.0 Å². The minimum absolute atomic E-state index is 0.0613. The van der Waals surface area contributed by atoms with E-state index in [9.17, 15) is 14.8 Å². The van der Waals surface area contributed by atoms with Crippen molar-refractivity contribution in [2.24, 2.45) is 0 Å². The highest BCUT2D eigenvalue weighted by Crippen LogP contribution is 2.27. The second-order valence-electron chi connectivity index (χ2n) is 3.05. The van der Waals surface area contributed by atoms with Gasteiger partial charge in [-0.2, -0.15) is 5.06 Å². The van der Waals surface area contributed by atoms with E-state index in [4.69, 9.17) is 10.2 Å². The molecule has 1 aliphatic heterocycles. The Hall–Kier alpha value is -1.14. The molecule has 3 N–H and O–H groups in total. The SMILES string of the molecule is O=C(O)C1(C(=O)O)CCCCN1O. The Bertz CT molecular complexity index is 225. The van der Waals surface area contributed by atoms with E-state index in [1.54, 1.807) is 0 Å². The fourth-order valence-corrected chi connectivity index (χ4v) is 1.49. The Morgan fingerprint density at radius 2 is 1.69 bits per heavy atom. The number of piperidine rings is 1. The minimum atomic E-state index is -2.14. The van der Waals surface area contributed by atoms with E-state index in [1.165, 1.54) is 0 Å². The summed E-state index contributed by atoms with van der Waals surface area (Å²) in [6, 6.07) is 0. The molecule has 6 heteroatoms. The van der Waals surface area contributed by atoms with Crippen LogP contribution in [0.2, 0.25) is 0 Å². The van der Waals surface area contributed by atoms with Crippen molar-refractivity contribution in [3.8, 4) is 0 Å². The highest BCUT2D eigenvalue weighted by atomic mass is 16.5. The van der Waals surface area contributed by atoms with E-state index in [1.807, 2.05) is 0 Å².